The molecule has 39 heavy (non-hydrogen) atoms. The number of ether oxygens (including phenoxy) is 2. The van der Waals surface area contributed by atoms with Gasteiger partial charge >= 0.3 is 17.9 Å². The van der Waals surface area contributed by atoms with Crippen LogP contribution in [0.15, 0.2) is 15.7 Å². The van der Waals surface area contributed by atoms with Crippen LogP contribution in [0.2, 0.25) is 5.02 Å². The van der Waals surface area contributed by atoms with Crippen molar-refractivity contribution in [1.82, 2.24) is 14.6 Å². The zero-order chi connectivity index (χ0) is 28.6. The van der Waals surface area contributed by atoms with E-state index < -0.39 is 40.5 Å². The molecule has 1 aromatic heterocycles. The molecule has 3 fully saturated rings. The first-order chi connectivity index (χ1) is 18.1. The maximum Gasteiger partial charge on any atom is 0.427 e. The van der Waals surface area contributed by atoms with Crippen molar-refractivity contribution in [2.24, 2.45) is 11.8 Å². The molecule has 1 aromatic carbocycles. The van der Waals surface area contributed by atoms with E-state index in [0.29, 0.717) is 30.6 Å². The SMILES string of the molecule is CC(C)(C)OC(=O)NC1C2CN(c3c(F)cc4c(=O)n(NC(=O)OC(C)(C)C)c(=O)n(C5CC5)c4c3Cl)CC21. The summed E-state index contributed by atoms with van der Waals surface area (Å²) < 4.78 is 28.0. The van der Waals surface area contributed by atoms with Crippen molar-refractivity contribution in [3.8, 4) is 0 Å². The maximum absolute atomic E-state index is 15.5. The topological polar surface area (TPSA) is 124 Å². The summed E-state index contributed by atoms with van der Waals surface area (Å²) in [6, 6.07) is 0.747. The molecule has 1 saturated heterocycles. The van der Waals surface area contributed by atoms with Gasteiger partial charge in [0.15, 0.2) is 0 Å². The normalized spacial score (nSPS) is 22.5. The molecule has 2 N–H and O–H groups in total. The molecule has 2 aliphatic carbocycles. The number of halogens is 2. The molecule has 2 heterocycles. The van der Waals surface area contributed by atoms with Gasteiger partial charge in [-0.1, -0.05) is 11.6 Å². The van der Waals surface area contributed by atoms with Crippen LogP contribution in [0.25, 0.3) is 10.9 Å². The number of nitrogens with zero attached hydrogens (tertiary/aromatic N) is 3. The van der Waals surface area contributed by atoms with Gasteiger partial charge in [0.25, 0.3) is 5.56 Å². The average Bonchev–Trinajstić information content (AvgIpc) is 3.67. The summed E-state index contributed by atoms with van der Waals surface area (Å²) in [6.45, 7) is 11.2. The van der Waals surface area contributed by atoms with E-state index in [1.165, 1.54) is 4.57 Å². The van der Waals surface area contributed by atoms with Crippen LogP contribution in [-0.4, -0.2) is 51.8 Å². The van der Waals surface area contributed by atoms with Crippen molar-refractivity contribution in [3.63, 3.8) is 0 Å². The van der Waals surface area contributed by atoms with Crippen molar-refractivity contribution < 1.29 is 23.5 Å². The van der Waals surface area contributed by atoms with Crippen molar-refractivity contribution in [3.05, 3.63) is 37.7 Å². The Hall–Kier alpha value is -3.28. The summed E-state index contributed by atoms with van der Waals surface area (Å²) in [7, 11) is 0. The number of fused-ring (bicyclic) bond motifs is 2. The molecular weight excluding hydrogens is 533 g/mol. The number of anilines is 1. The number of nitrogens with one attached hydrogen (secondary N) is 2. The average molecular weight is 566 g/mol. The summed E-state index contributed by atoms with van der Waals surface area (Å²) in [5.41, 5.74) is -0.723. The number of piperidine rings is 1. The molecule has 3 aliphatic rings. The monoisotopic (exact) mass is 565 g/mol. The van der Waals surface area contributed by atoms with Crippen molar-refractivity contribution in [2.75, 3.05) is 23.4 Å². The Labute approximate surface area is 229 Å². The second-order valence-electron chi connectivity index (χ2n) is 12.5. The first kappa shape index (κ1) is 27.3. The van der Waals surface area contributed by atoms with Crippen LogP contribution < -0.4 is 26.9 Å². The minimum atomic E-state index is -0.988. The van der Waals surface area contributed by atoms with Gasteiger partial charge < -0.3 is 19.7 Å². The molecule has 5 rings (SSSR count). The number of hydrogen-bond acceptors (Lipinski definition) is 7. The third kappa shape index (κ3) is 5.30. The predicted octanol–water partition coefficient (Wildman–Crippen LogP) is 3.73. The van der Waals surface area contributed by atoms with Gasteiger partial charge in [0.2, 0.25) is 0 Å². The number of rotatable bonds is 4. The fourth-order valence-electron chi connectivity index (χ4n) is 5.23. The second-order valence-corrected chi connectivity index (χ2v) is 12.8. The number of carbonyl (C=O) groups is 2. The molecule has 11 nitrogen and oxygen atoms in total. The first-order valence-electron chi connectivity index (χ1n) is 13.0. The number of aromatic nitrogens is 2. The lowest BCUT2D eigenvalue weighted by Crippen LogP contribution is -2.48. The molecule has 2 atom stereocenters. The molecule has 0 bridgehead atoms. The Kier molecular flexibility index (Phi) is 6.40. The zero-order valence-corrected chi connectivity index (χ0v) is 23.5. The highest BCUT2D eigenvalue weighted by Gasteiger charge is 2.57. The highest BCUT2D eigenvalue weighted by molar-refractivity contribution is 6.38. The van der Waals surface area contributed by atoms with E-state index >= 15 is 4.39 Å². The van der Waals surface area contributed by atoms with Crippen molar-refractivity contribution in [2.45, 2.75) is 77.7 Å². The maximum atomic E-state index is 15.5. The Balaban J connectivity index is 1.45. The van der Waals surface area contributed by atoms with Crippen molar-refractivity contribution >= 4 is 40.4 Å². The van der Waals surface area contributed by atoms with Gasteiger partial charge in [-0.2, -0.15) is 4.68 Å². The van der Waals surface area contributed by atoms with Crippen LogP contribution in [0.5, 0.6) is 0 Å². The van der Waals surface area contributed by atoms with E-state index in [2.05, 4.69) is 10.7 Å². The quantitative estimate of drug-likeness (QED) is 0.579. The van der Waals surface area contributed by atoms with E-state index in [-0.39, 0.29) is 45.5 Å². The Bertz CT molecular complexity index is 1470. The van der Waals surface area contributed by atoms with E-state index in [1.54, 1.807) is 46.4 Å². The van der Waals surface area contributed by atoms with Crippen LogP contribution >= 0.6 is 11.6 Å². The van der Waals surface area contributed by atoms with Gasteiger partial charge in [0, 0.05) is 37.0 Å². The number of hydrogen-bond donors (Lipinski definition) is 2. The van der Waals surface area contributed by atoms with E-state index in [9.17, 15) is 19.2 Å². The third-order valence-electron chi connectivity index (χ3n) is 6.95. The van der Waals surface area contributed by atoms with Gasteiger partial charge in [0.1, 0.15) is 17.0 Å². The number of amides is 2. The summed E-state index contributed by atoms with van der Waals surface area (Å²) in [5.74, 6) is -0.520. The van der Waals surface area contributed by atoms with E-state index in [0.717, 1.165) is 6.07 Å². The highest BCUT2D eigenvalue weighted by atomic mass is 35.5. The molecule has 1 aliphatic heterocycles. The smallest absolute Gasteiger partial charge is 0.427 e. The fraction of sp³-hybridized carbons (Fsp3) is 0.615. The summed E-state index contributed by atoms with van der Waals surface area (Å²) >= 11 is 6.76. The molecule has 212 valence electrons. The van der Waals surface area contributed by atoms with Gasteiger partial charge in [-0.3, -0.25) is 9.36 Å². The van der Waals surface area contributed by atoms with Gasteiger partial charge in [-0.25, -0.2) is 24.2 Å². The Morgan fingerprint density at radius 3 is 2.10 bits per heavy atom. The molecule has 0 spiro atoms. The minimum absolute atomic E-state index is 0.0338. The second kappa shape index (κ2) is 9.14. The van der Waals surface area contributed by atoms with Gasteiger partial charge in [0.05, 0.1) is 21.6 Å². The summed E-state index contributed by atoms with van der Waals surface area (Å²) in [5, 5.41) is 2.72. The van der Waals surface area contributed by atoms with Crippen LogP contribution in [0.3, 0.4) is 0 Å². The predicted molar refractivity (Wildman–Crippen MR) is 144 cm³/mol. The molecule has 2 amide bonds. The summed E-state index contributed by atoms with van der Waals surface area (Å²) in [6.07, 6.45) is -0.131. The van der Waals surface area contributed by atoms with Crippen molar-refractivity contribution in [1.29, 1.82) is 0 Å². The fourth-order valence-corrected chi connectivity index (χ4v) is 5.63. The minimum Gasteiger partial charge on any atom is -0.444 e. The Morgan fingerprint density at radius 1 is 1.00 bits per heavy atom. The Morgan fingerprint density at radius 2 is 1.56 bits per heavy atom. The molecule has 2 saturated carbocycles. The number of carbonyl (C=O) groups excluding carboxylic acids is 2. The number of alkyl carbamates (subject to hydrolysis) is 1. The third-order valence-corrected chi connectivity index (χ3v) is 7.31. The van der Waals surface area contributed by atoms with E-state index in [4.69, 9.17) is 21.1 Å². The van der Waals surface area contributed by atoms with Crippen LogP contribution in [0, 0.1) is 17.7 Å². The zero-order valence-electron chi connectivity index (χ0n) is 22.8. The van der Waals surface area contributed by atoms with Gasteiger partial charge in [-0.15, -0.1) is 0 Å². The van der Waals surface area contributed by atoms with Crippen LogP contribution in [0.1, 0.15) is 60.4 Å². The molecule has 2 unspecified atom stereocenters. The lowest BCUT2D eigenvalue weighted by molar-refractivity contribution is 0.0517. The molecule has 0 radical (unpaired) electrons. The van der Waals surface area contributed by atoms with Crippen LogP contribution in [0.4, 0.5) is 19.7 Å². The van der Waals surface area contributed by atoms with Gasteiger partial charge in [-0.05, 0) is 60.5 Å². The highest BCUT2D eigenvalue weighted by Crippen LogP contribution is 2.49. The molecular formula is C26H33ClFN5O6. The molecule has 2 aromatic rings. The van der Waals surface area contributed by atoms with E-state index in [1.807, 2.05) is 0 Å². The van der Waals surface area contributed by atoms with Crippen LogP contribution in [-0.2, 0) is 9.47 Å². The standard InChI is InChI=1S/C26H33ClFN5O6/c1-25(2,3)38-22(35)29-18-14-10-31(11-15(14)18)20-16(28)9-13-19(17(20)27)32(12-7-8-12)24(37)33(21(13)34)30-23(36)39-26(4,5)6/h9,12,14-15,18H,7-8,10-11H2,1-6H3,(H,29,35)(H,30,36). The number of benzene rings is 1. The lowest BCUT2D eigenvalue weighted by atomic mass is 10.1. The summed E-state index contributed by atoms with van der Waals surface area (Å²) in [4.78, 5) is 53.0. The first-order valence-corrected chi connectivity index (χ1v) is 13.4. The largest absolute Gasteiger partial charge is 0.444 e. The lowest BCUT2D eigenvalue weighted by Gasteiger charge is -2.26. The molecule has 13 heteroatoms.